The number of methoxy groups -OCH3 is 1. The minimum atomic E-state index is -0.175. The van der Waals surface area contributed by atoms with Gasteiger partial charge in [-0.25, -0.2) is 0 Å². The molecule has 0 radical (unpaired) electrons. The van der Waals surface area contributed by atoms with E-state index in [9.17, 15) is 4.79 Å². The molecule has 0 saturated carbocycles. The first-order chi connectivity index (χ1) is 8.93. The van der Waals surface area contributed by atoms with E-state index in [2.05, 4.69) is 31.9 Å². The number of ketones is 1. The van der Waals surface area contributed by atoms with Crippen LogP contribution in [0.25, 0.3) is 0 Å². The largest absolute Gasteiger partial charge is 0.495 e. The summed E-state index contributed by atoms with van der Waals surface area (Å²) >= 11 is 20.1. The van der Waals surface area contributed by atoms with Gasteiger partial charge in [0.15, 0.2) is 0 Å². The maximum Gasteiger partial charge on any atom is 0.204 e. The molecule has 0 aliphatic heterocycles. The number of carbonyl (C=O) groups excluding carboxylic acids is 1. The molecule has 0 saturated heterocycles. The second-order valence-electron chi connectivity index (χ2n) is 3.53. The van der Waals surface area contributed by atoms with Crippen molar-refractivity contribution >= 4 is 72.2 Å². The zero-order valence-electron chi connectivity index (χ0n) is 9.47. The summed E-state index contributed by atoms with van der Waals surface area (Å²) in [5, 5.41) is 0.664. The maximum atomic E-state index is 12.4. The number of hydrogen-bond donors (Lipinski definition) is 0. The molecular weight excluding hydrogens is 439 g/mol. The van der Waals surface area contributed by atoms with E-state index in [1.165, 1.54) is 30.6 Å². The molecule has 1 heterocycles. The van der Waals surface area contributed by atoms with Crippen LogP contribution >= 0.6 is 66.4 Å². The average molecular weight is 445 g/mol. The second kappa shape index (κ2) is 6.14. The highest BCUT2D eigenvalue weighted by Crippen LogP contribution is 2.36. The summed E-state index contributed by atoms with van der Waals surface area (Å²) in [6.45, 7) is 0. The van der Waals surface area contributed by atoms with Crippen LogP contribution < -0.4 is 4.74 Å². The molecule has 1 aromatic carbocycles. The van der Waals surface area contributed by atoms with Gasteiger partial charge in [0.05, 0.1) is 25.8 Å². The molecule has 0 aliphatic carbocycles. The summed E-state index contributed by atoms with van der Waals surface area (Å²) in [6, 6.07) is 4.80. The number of halogens is 4. The average Bonchev–Trinajstić information content (AvgIpc) is 2.71. The predicted molar refractivity (Wildman–Crippen MR) is 86.2 cm³/mol. The van der Waals surface area contributed by atoms with E-state index in [1.807, 2.05) is 0 Å². The minimum absolute atomic E-state index is 0.175. The lowest BCUT2D eigenvalue weighted by atomic mass is 10.1. The fraction of sp³-hybridized carbons (Fsp3) is 0.0833. The number of ether oxygens (including phenoxy) is 1. The molecule has 0 bridgehead atoms. The lowest BCUT2D eigenvalue weighted by Gasteiger charge is -2.07. The fourth-order valence-electron chi connectivity index (χ4n) is 1.45. The van der Waals surface area contributed by atoms with Gasteiger partial charge in [-0.15, -0.1) is 11.3 Å². The van der Waals surface area contributed by atoms with Gasteiger partial charge in [-0.1, -0.05) is 23.2 Å². The van der Waals surface area contributed by atoms with Crippen molar-refractivity contribution in [3.8, 4) is 5.75 Å². The Labute approximate surface area is 140 Å². The number of benzene rings is 1. The fourth-order valence-corrected chi connectivity index (χ4v) is 3.92. The van der Waals surface area contributed by atoms with Gasteiger partial charge in [0.1, 0.15) is 5.75 Å². The highest BCUT2D eigenvalue weighted by atomic mass is 79.9. The molecule has 0 amide bonds. The van der Waals surface area contributed by atoms with Gasteiger partial charge in [0, 0.05) is 16.1 Å². The van der Waals surface area contributed by atoms with Gasteiger partial charge in [0.25, 0.3) is 0 Å². The zero-order chi connectivity index (χ0) is 14.2. The van der Waals surface area contributed by atoms with Gasteiger partial charge in [-0.2, -0.15) is 0 Å². The number of carbonyl (C=O) groups is 1. The van der Waals surface area contributed by atoms with E-state index < -0.39 is 0 Å². The summed E-state index contributed by atoms with van der Waals surface area (Å²) in [6.07, 6.45) is 0. The van der Waals surface area contributed by atoms with Gasteiger partial charge < -0.3 is 4.74 Å². The molecule has 1 aromatic heterocycles. The highest BCUT2D eigenvalue weighted by molar-refractivity contribution is 9.13. The predicted octanol–water partition coefficient (Wildman–Crippen LogP) is 5.82. The van der Waals surface area contributed by atoms with Crippen molar-refractivity contribution in [3.05, 3.63) is 46.9 Å². The number of hydrogen-bond acceptors (Lipinski definition) is 3. The van der Waals surface area contributed by atoms with E-state index in [0.29, 0.717) is 26.2 Å². The van der Waals surface area contributed by atoms with Crippen molar-refractivity contribution in [1.82, 2.24) is 0 Å². The van der Waals surface area contributed by atoms with Crippen LogP contribution in [-0.2, 0) is 0 Å². The topological polar surface area (TPSA) is 26.3 Å². The molecule has 0 aliphatic rings. The Hall–Kier alpha value is -0.0700. The van der Waals surface area contributed by atoms with E-state index in [-0.39, 0.29) is 5.78 Å². The Morgan fingerprint density at radius 1 is 1.21 bits per heavy atom. The summed E-state index contributed by atoms with van der Waals surface area (Å²) in [5.41, 5.74) is 0.355. The smallest absolute Gasteiger partial charge is 0.204 e. The summed E-state index contributed by atoms with van der Waals surface area (Å²) in [4.78, 5) is 12.9. The van der Waals surface area contributed by atoms with Gasteiger partial charge >= 0.3 is 0 Å². The quantitative estimate of drug-likeness (QED) is 0.557. The van der Waals surface area contributed by atoms with Gasteiger partial charge in [-0.05, 0) is 44.0 Å². The molecule has 0 N–H and O–H groups in total. The SMILES string of the molecule is COc1cc(Cl)c(C(=O)c2cc(Br)c(Br)s2)cc1Cl. The highest BCUT2D eigenvalue weighted by Gasteiger charge is 2.19. The maximum absolute atomic E-state index is 12.4. The van der Waals surface area contributed by atoms with Crippen LogP contribution in [-0.4, -0.2) is 12.9 Å². The first kappa shape index (κ1) is 15.3. The molecule has 100 valence electrons. The van der Waals surface area contributed by atoms with Gasteiger partial charge in [0.2, 0.25) is 5.78 Å². The molecular formula is C12H6Br2Cl2O2S. The Morgan fingerprint density at radius 3 is 2.42 bits per heavy atom. The standard InChI is InChI=1S/C12H6Br2Cl2O2S/c1-18-9-4-7(15)5(2-8(9)16)11(17)10-3-6(13)12(14)19-10/h2-4H,1H3. The molecule has 2 rings (SSSR count). The van der Waals surface area contributed by atoms with Crippen LogP contribution in [0.15, 0.2) is 26.5 Å². The summed E-state index contributed by atoms with van der Waals surface area (Å²) < 4.78 is 6.73. The zero-order valence-corrected chi connectivity index (χ0v) is 15.0. The van der Waals surface area contributed by atoms with E-state index in [1.54, 1.807) is 6.07 Å². The third kappa shape index (κ3) is 3.16. The van der Waals surface area contributed by atoms with E-state index in [4.69, 9.17) is 27.9 Å². The van der Waals surface area contributed by atoms with Crippen molar-refractivity contribution in [1.29, 1.82) is 0 Å². The summed E-state index contributed by atoms with van der Waals surface area (Å²) in [7, 11) is 1.49. The monoisotopic (exact) mass is 442 g/mol. The first-order valence-corrected chi connectivity index (χ1v) is 8.12. The molecule has 7 heteroatoms. The van der Waals surface area contributed by atoms with E-state index in [0.717, 1.165) is 8.26 Å². The van der Waals surface area contributed by atoms with Crippen LogP contribution in [0.2, 0.25) is 10.0 Å². The van der Waals surface area contributed by atoms with Crippen molar-refractivity contribution < 1.29 is 9.53 Å². The normalized spacial score (nSPS) is 10.6. The molecule has 0 spiro atoms. The van der Waals surface area contributed by atoms with Crippen LogP contribution in [0.1, 0.15) is 15.2 Å². The Morgan fingerprint density at radius 2 is 1.89 bits per heavy atom. The molecule has 0 atom stereocenters. The van der Waals surface area contributed by atoms with Gasteiger partial charge in [-0.3, -0.25) is 4.79 Å². The summed E-state index contributed by atoms with van der Waals surface area (Å²) in [5.74, 6) is 0.266. The molecule has 0 fully saturated rings. The second-order valence-corrected chi connectivity index (χ2v) is 7.57. The third-order valence-electron chi connectivity index (χ3n) is 2.36. The molecule has 2 nitrogen and oxygen atoms in total. The lowest BCUT2D eigenvalue weighted by Crippen LogP contribution is -2.00. The van der Waals surface area contributed by atoms with Crippen LogP contribution in [0.3, 0.4) is 0 Å². The van der Waals surface area contributed by atoms with E-state index >= 15 is 0 Å². The Bertz CT molecular complexity index is 636. The Balaban J connectivity index is 2.47. The van der Waals surface area contributed by atoms with Crippen LogP contribution in [0.5, 0.6) is 5.75 Å². The van der Waals surface area contributed by atoms with Crippen molar-refractivity contribution in [2.75, 3.05) is 7.11 Å². The number of thiophene rings is 1. The third-order valence-corrected chi connectivity index (χ3v) is 6.22. The minimum Gasteiger partial charge on any atom is -0.495 e. The molecule has 2 aromatic rings. The van der Waals surface area contributed by atoms with Crippen LogP contribution in [0, 0.1) is 0 Å². The molecule has 19 heavy (non-hydrogen) atoms. The lowest BCUT2D eigenvalue weighted by molar-refractivity contribution is 0.104. The first-order valence-electron chi connectivity index (χ1n) is 4.96. The van der Waals surface area contributed by atoms with Crippen LogP contribution in [0.4, 0.5) is 0 Å². The van der Waals surface area contributed by atoms with Crippen molar-refractivity contribution in [2.45, 2.75) is 0 Å². The number of rotatable bonds is 3. The Kier molecular flexibility index (Phi) is 4.95. The van der Waals surface area contributed by atoms with Crippen molar-refractivity contribution in [3.63, 3.8) is 0 Å². The van der Waals surface area contributed by atoms with Crippen molar-refractivity contribution in [2.24, 2.45) is 0 Å². The molecule has 0 unspecified atom stereocenters.